The fourth-order valence-corrected chi connectivity index (χ4v) is 2.94. The number of benzene rings is 1. The molecule has 4 rings (SSSR count). The van der Waals surface area contributed by atoms with Gasteiger partial charge in [0.2, 0.25) is 5.91 Å². The van der Waals surface area contributed by atoms with Crippen molar-refractivity contribution in [2.45, 2.75) is 25.4 Å². The number of nitrogens with two attached hydrogens (primary N) is 1. The molecule has 1 atom stereocenters. The van der Waals surface area contributed by atoms with E-state index in [2.05, 4.69) is 10.1 Å². The molecule has 1 unspecified atom stereocenters. The molecule has 1 fully saturated rings. The van der Waals surface area contributed by atoms with E-state index in [1.165, 1.54) is 0 Å². The molecule has 3 heterocycles. The Labute approximate surface area is 138 Å². The van der Waals surface area contributed by atoms with Crippen molar-refractivity contribution in [1.82, 2.24) is 14.8 Å². The first kappa shape index (κ1) is 14.9. The van der Waals surface area contributed by atoms with Crippen LogP contribution in [0.15, 0.2) is 18.2 Å². The van der Waals surface area contributed by atoms with Crippen LogP contribution in [0.2, 0.25) is 0 Å². The third kappa shape index (κ3) is 2.80. The minimum atomic E-state index is -0.465. The highest BCUT2D eigenvalue weighted by molar-refractivity contribution is 5.75. The average molecular weight is 330 g/mol. The third-order valence-electron chi connectivity index (χ3n) is 4.00. The third-order valence-corrected chi connectivity index (χ3v) is 4.00. The van der Waals surface area contributed by atoms with E-state index < -0.39 is 5.91 Å². The van der Waals surface area contributed by atoms with Gasteiger partial charge in [0.15, 0.2) is 23.1 Å². The van der Waals surface area contributed by atoms with Crippen LogP contribution in [0.4, 0.5) is 0 Å². The van der Waals surface area contributed by atoms with E-state index >= 15 is 0 Å². The fourth-order valence-electron chi connectivity index (χ4n) is 2.94. The van der Waals surface area contributed by atoms with E-state index in [1.54, 1.807) is 4.68 Å². The molecule has 1 amide bonds. The van der Waals surface area contributed by atoms with E-state index in [1.807, 2.05) is 18.2 Å². The number of amides is 1. The van der Waals surface area contributed by atoms with Gasteiger partial charge < -0.3 is 19.9 Å². The summed E-state index contributed by atoms with van der Waals surface area (Å²) < 4.78 is 18.6. The predicted molar refractivity (Wildman–Crippen MR) is 83.2 cm³/mol. The molecule has 0 spiro atoms. The van der Waals surface area contributed by atoms with Crippen molar-refractivity contribution in [3.63, 3.8) is 0 Å². The first-order valence-corrected chi connectivity index (χ1v) is 7.96. The summed E-state index contributed by atoms with van der Waals surface area (Å²) >= 11 is 0. The van der Waals surface area contributed by atoms with Gasteiger partial charge in [-0.15, -0.1) is 0 Å². The van der Waals surface area contributed by atoms with Gasteiger partial charge in [-0.2, -0.15) is 5.10 Å². The zero-order valence-electron chi connectivity index (χ0n) is 13.1. The molecule has 2 N–H and O–H groups in total. The standard InChI is InChI=1S/C16H18N4O4/c17-14(21)9-15-18-16(12-2-1-5-22-12)20(19-15)10-3-4-11-13(8-10)24-7-6-23-11/h3-4,8,12H,1-2,5-7,9H2,(H2,17,21). The Morgan fingerprint density at radius 3 is 2.83 bits per heavy atom. The summed E-state index contributed by atoms with van der Waals surface area (Å²) in [5.41, 5.74) is 6.06. The maximum absolute atomic E-state index is 11.2. The minimum absolute atomic E-state index is 0.00271. The topological polar surface area (TPSA) is 101 Å². The Hall–Kier alpha value is -2.61. The maximum atomic E-state index is 11.2. The maximum Gasteiger partial charge on any atom is 0.225 e. The zero-order chi connectivity index (χ0) is 16.5. The van der Waals surface area contributed by atoms with Crippen molar-refractivity contribution in [2.75, 3.05) is 19.8 Å². The summed E-state index contributed by atoms with van der Waals surface area (Å²) in [5.74, 6) is 1.99. The Bertz CT molecular complexity index is 767. The van der Waals surface area contributed by atoms with Gasteiger partial charge in [0.05, 0.1) is 12.1 Å². The summed E-state index contributed by atoms with van der Waals surface area (Å²) in [4.78, 5) is 15.7. The summed E-state index contributed by atoms with van der Waals surface area (Å²) in [7, 11) is 0. The smallest absolute Gasteiger partial charge is 0.225 e. The normalized spacial score (nSPS) is 19.4. The van der Waals surface area contributed by atoms with Crippen LogP contribution < -0.4 is 15.2 Å². The molecule has 2 aliphatic rings. The number of primary amides is 1. The minimum Gasteiger partial charge on any atom is -0.486 e. The van der Waals surface area contributed by atoms with Crippen LogP contribution in [0.25, 0.3) is 5.69 Å². The van der Waals surface area contributed by atoms with Gasteiger partial charge in [0, 0.05) is 12.7 Å². The molecular formula is C16H18N4O4. The molecule has 2 aliphatic heterocycles. The van der Waals surface area contributed by atoms with E-state index in [9.17, 15) is 4.79 Å². The van der Waals surface area contributed by atoms with E-state index in [0.717, 1.165) is 18.5 Å². The van der Waals surface area contributed by atoms with Crippen molar-refractivity contribution in [3.8, 4) is 17.2 Å². The summed E-state index contributed by atoms with van der Waals surface area (Å²) in [6.45, 7) is 1.75. The van der Waals surface area contributed by atoms with Crippen LogP contribution in [-0.2, 0) is 16.0 Å². The largest absolute Gasteiger partial charge is 0.486 e. The lowest BCUT2D eigenvalue weighted by atomic mass is 10.2. The molecule has 0 saturated carbocycles. The quantitative estimate of drug-likeness (QED) is 0.894. The number of aromatic nitrogens is 3. The van der Waals surface area contributed by atoms with Crippen LogP contribution in [-0.4, -0.2) is 40.5 Å². The molecule has 8 nitrogen and oxygen atoms in total. The van der Waals surface area contributed by atoms with Crippen molar-refractivity contribution in [1.29, 1.82) is 0 Å². The number of carbonyl (C=O) groups is 1. The van der Waals surface area contributed by atoms with Crippen molar-refractivity contribution in [2.24, 2.45) is 5.73 Å². The van der Waals surface area contributed by atoms with Crippen LogP contribution in [0, 0.1) is 0 Å². The van der Waals surface area contributed by atoms with Gasteiger partial charge in [-0.05, 0) is 25.0 Å². The van der Waals surface area contributed by atoms with Crippen molar-refractivity contribution in [3.05, 3.63) is 29.8 Å². The first-order chi connectivity index (χ1) is 11.7. The number of fused-ring (bicyclic) bond motifs is 1. The van der Waals surface area contributed by atoms with Gasteiger partial charge >= 0.3 is 0 Å². The molecule has 2 aromatic rings. The van der Waals surface area contributed by atoms with E-state index in [4.69, 9.17) is 19.9 Å². The fraction of sp³-hybridized carbons (Fsp3) is 0.438. The number of nitrogens with zero attached hydrogens (tertiary/aromatic N) is 3. The summed E-state index contributed by atoms with van der Waals surface area (Å²) in [6, 6.07) is 5.59. The molecule has 1 aromatic carbocycles. The molecule has 24 heavy (non-hydrogen) atoms. The molecule has 1 aromatic heterocycles. The summed E-state index contributed by atoms with van der Waals surface area (Å²) in [6.07, 6.45) is 1.72. The highest BCUT2D eigenvalue weighted by Gasteiger charge is 2.26. The van der Waals surface area contributed by atoms with E-state index in [0.29, 0.717) is 43.0 Å². The van der Waals surface area contributed by atoms with Crippen LogP contribution in [0.1, 0.15) is 30.6 Å². The SMILES string of the molecule is NC(=O)Cc1nc(C2CCCO2)n(-c2ccc3c(c2)OCCO3)n1. The Morgan fingerprint density at radius 1 is 1.25 bits per heavy atom. The number of hydrogen-bond donors (Lipinski definition) is 1. The first-order valence-electron chi connectivity index (χ1n) is 7.96. The van der Waals surface area contributed by atoms with E-state index in [-0.39, 0.29) is 12.5 Å². The predicted octanol–water partition coefficient (Wildman–Crippen LogP) is 0.918. The Kier molecular flexibility index (Phi) is 3.81. The molecule has 126 valence electrons. The van der Waals surface area contributed by atoms with Gasteiger partial charge in [-0.25, -0.2) is 9.67 Å². The van der Waals surface area contributed by atoms with Gasteiger partial charge in [0.1, 0.15) is 19.3 Å². The summed E-state index contributed by atoms with van der Waals surface area (Å²) in [5, 5.41) is 4.44. The lowest BCUT2D eigenvalue weighted by Crippen LogP contribution is -2.16. The van der Waals surface area contributed by atoms with Gasteiger partial charge in [-0.3, -0.25) is 4.79 Å². The van der Waals surface area contributed by atoms with Gasteiger partial charge in [0.25, 0.3) is 0 Å². The zero-order valence-corrected chi connectivity index (χ0v) is 13.1. The highest BCUT2D eigenvalue weighted by Crippen LogP contribution is 2.34. The van der Waals surface area contributed by atoms with Crippen molar-refractivity contribution < 1.29 is 19.0 Å². The molecule has 0 radical (unpaired) electrons. The molecule has 1 saturated heterocycles. The average Bonchev–Trinajstić information content (AvgIpc) is 3.23. The second-order valence-electron chi connectivity index (χ2n) is 5.77. The second-order valence-corrected chi connectivity index (χ2v) is 5.77. The lowest BCUT2D eigenvalue weighted by Gasteiger charge is -2.19. The van der Waals surface area contributed by atoms with Gasteiger partial charge in [-0.1, -0.05) is 0 Å². The number of hydrogen-bond acceptors (Lipinski definition) is 6. The Balaban J connectivity index is 1.75. The van der Waals surface area contributed by atoms with Crippen LogP contribution in [0.3, 0.4) is 0 Å². The number of rotatable bonds is 4. The molecule has 0 aliphatic carbocycles. The molecule has 0 bridgehead atoms. The lowest BCUT2D eigenvalue weighted by molar-refractivity contribution is -0.117. The highest BCUT2D eigenvalue weighted by atomic mass is 16.6. The number of carbonyl (C=O) groups excluding carboxylic acids is 1. The monoisotopic (exact) mass is 330 g/mol. The van der Waals surface area contributed by atoms with Crippen molar-refractivity contribution >= 4 is 5.91 Å². The Morgan fingerprint density at radius 2 is 2.08 bits per heavy atom. The molecule has 8 heteroatoms. The van der Waals surface area contributed by atoms with Crippen LogP contribution >= 0.6 is 0 Å². The van der Waals surface area contributed by atoms with Crippen LogP contribution in [0.5, 0.6) is 11.5 Å². The molecular weight excluding hydrogens is 312 g/mol. The second kappa shape index (κ2) is 6.12. The number of ether oxygens (including phenoxy) is 3.